The third-order valence-electron chi connectivity index (χ3n) is 1.91. The first-order valence-corrected chi connectivity index (χ1v) is 9.17. The van der Waals surface area contributed by atoms with E-state index in [2.05, 4.69) is 6.58 Å². The fourth-order valence-electron chi connectivity index (χ4n) is 1.06. The van der Waals surface area contributed by atoms with Gasteiger partial charge in [-0.25, -0.2) is 0 Å². The molecule has 0 N–H and O–H groups in total. The average molecular weight is 268 g/mol. The van der Waals surface area contributed by atoms with Crippen LogP contribution >= 0.6 is 21.6 Å². The molecule has 0 aromatic heterocycles. The molecule has 0 atom stereocenters. The molecule has 0 aliphatic rings. The van der Waals surface area contributed by atoms with E-state index in [1.807, 2.05) is 27.7 Å². The summed E-state index contributed by atoms with van der Waals surface area (Å²) in [7, 11) is 6.30. The monoisotopic (exact) mass is 268 g/mol. The first-order valence-electron chi connectivity index (χ1n) is 4.75. The Balaban J connectivity index is 3.58. The molecule has 0 spiro atoms. The largest absolute Gasteiger partial charge is 0.500 e. The highest BCUT2D eigenvalue weighted by atomic mass is 33.1. The molecule has 0 radical (unpaired) electrons. The van der Waals surface area contributed by atoms with Crippen molar-refractivity contribution >= 4 is 30.4 Å². The van der Waals surface area contributed by atoms with Crippen LogP contribution in [0.15, 0.2) is 12.7 Å². The smallest absolute Gasteiger partial charge is 0.377 e. The fraction of sp³-hybridized carbons (Fsp3) is 0.778. The lowest BCUT2D eigenvalue weighted by Crippen LogP contribution is -2.42. The minimum absolute atomic E-state index is 0.873. The summed E-state index contributed by atoms with van der Waals surface area (Å²) in [5, 5.41) is 0. The van der Waals surface area contributed by atoms with Gasteiger partial charge in [0, 0.05) is 38.9 Å². The van der Waals surface area contributed by atoms with Gasteiger partial charge in [0.15, 0.2) is 0 Å². The van der Waals surface area contributed by atoms with Crippen LogP contribution < -0.4 is 0 Å². The molecule has 0 aromatic rings. The quantitative estimate of drug-likeness (QED) is 0.263. The molecule has 0 rings (SSSR count). The minimum Gasteiger partial charge on any atom is -0.377 e. The van der Waals surface area contributed by atoms with E-state index in [9.17, 15) is 0 Å². The van der Waals surface area contributed by atoms with Gasteiger partial charge in [-0.15, -0.1) is 6.58 Å². The van der Waals surface area contributed by atoms with E-state index in [0.717, 1.165) is 24.0 Å². The molecule has 0 heterocycles. The molecular weight excluding hydrogens is 248 g/mol. The third-order valence-corrected chi connectivity index (χ3v) is 7.15. The molecule has 0 saturated heterocycles. The second kappa shape index (κ2) is 9.74. The van der Waals surface area contributed by atoms with Crippen molar-refractivity contribution in [2.75, 3.05) is 32.8 Å². The van der Waals surface area contributed by atoms with Gasteiger partial charge >= 0.3 is 8.80 Å². The lowest BCUT2D eigenvalue weighted by Gasteiger charge is -2.23. The zero-order valence-electron chi connectivity index (χ0n) is 9.65. The molecule has 0 aliphatic heterocycles. The van der Waals surface area contributed by atoms with Crippen LogP contribution in [0.4, 0.5) is 0 Å². The molecule has 0 bridgehead atoms. The number of hydrogen-bond donors (Lipinski definition) is 0. The van der Waals surface area contributed by atoms with Gasteiger partial charge in [0.25, 0.3) is 0 Å². The van der Waals surface area contributed by atoms with E-state index in [-0.39, 0.29) is 0 Å². The molecule has 0 aliphatic carbocycles. The van der Waals surface area contributed by atoms with Crippen molar-refractivity contribution in [3.05, 3.63) is 12.7 Å². The van der Waals surface area contributed by atoms with Crippen molar-refractivity contribution in [2.45, 2.75) is 12.5 Å². The van der Waals surface area contributed by atoms with Crippen LogP contribution in [-0.2, 0) is 13.3 Å². The van der Waals surface area contributed by atoms with Gasteiger partial charge in [-0.3, -0.25) is 0 Å². The fourth-order valence-corrected chi connectivity index (χ4v) is 4.89. The summed E-state index contributed by atoms with van der Waals surface area (Å²) in [5.74, 6) is 2.08. The Morgan fingerprint density at radius 2 is 1.73 bits per heavy atom. The predicted molar refractivity (Wildman–Crippen MR) is 71.3 cm³/mol. The van der Waals surface area contributed by atoms with E-state index in [4.69, 9.17) is 13.3 Å². The third kappa shape index (κ3) is 6.65. The summed E-state index contributed by atoms with van der Waals surface area (Å²) < 4.78 is 16.0. The Kier molecular flexibility index (Phi) is 10.1. The Bertz CT molecular complexity index is 157. The van der Waals surface area contributed by atoms with Crippen molar-refractivity contribution in [2.24, 2.45) is 0 Å². The van der Waals surface area contributed by atoms with Crippen LogP contribution in [0.1, 0.15) is 6.42 Å². The van der Waals surface area contributed by atoms with Crippen molar-refractivity contribution < 1.29 is 13.3 Å². The van der Waals surface area contributed by atoms with E-state index >= 15 is 0 Å². The molecule has 3 nitrogen and oxygen atoms in total. The van der Waals surface area contributed by atoms with Crippen LogP contribution in [0.3, 0.4) is 0 Å². The van der Waals surface area contributed by atoms with E-state index in [0.29, 0.717) is 0 Å². The van der Waals surface area contributed by atoms with Gasteiger partial charge in [0.05, 0.1) is 0 Å². The number of hydrogen-bond acceptors (Lipinski definition) is 5. The topological polar surface area (TPSA) is 27.7 Å². The summed E-state index contributed by atoms with van der Waals surface area (Å²) in [6, 6.07) is 0.873. The minimum atomic E-state index is -2.33. The van der Waals surface area contributed by atoms with Crippen LogP contribution in [0.25, 0.3) is 0 Å². The average Bonchev–Trinajstić information content (AvgIpc) is 2.29. The van der Waals surface area contributed by atoms with Crippen LogP contribution in [0.5, 0.6) is 0 Å². The highest BCUT2D eigenvalue weighted by Gasteiger charge is 2.36. The first-order chi connectivity index (χ1) is 7.24. The Morgan fingerprint density at radius 3 is 2.20 bits per heavy atom. The standard InChI is InChI=1S/C9H20O3S2Si/c1-5-7-13-14-8-6-9-15(10-2,11-3)12-4/h5H,1,6-9H2,2-4H3. The molecule has 6 heteroatoms. The van der Waals surface area contributed by atoms with Crippen molar-refractivity contribution in [1.29, 1.82) is 0 Å². The maximum atomic E-state index is 5.33. The van der Waals surface area contributed by atoms with E-state index < -0.39 is 8.80 Å². The van der Waals surface area contributed by atoms with E-state index in [1.165, 1.54) is 0 Å². The van der Waals surface area contributed by atoms with Crippen molar-refractivity contribution in [3.63, 3.8) is 0 Å². The van der Waals surface area contributed by atoms with E-state index in [1.54, 1.807) is 21.3 Å². The van der Waals surface area contributed by atoms with Gasteiger partial charge in [-0.2, -0.15) is 0 Å². The second-order valence-electron chi connectivity index (χ2n) is 2.79. The van der Waals surface area contributed by atoms with Crippen LogP contribution in [0.2, 0.25) is 6.04 Å². The Labute approximate surface area is 102 Å². The molecule has 0 fully saturated rings. The normalized spacial score (nSPS) is 11.7. The molecule has 0 unspecified atom stereocenters. The molecule has 15 heavy (non-hydrogen) atoms. The zero-order chi connectivity index (χ0) is 11.6. The molecule has 90 valence electrons. The zero-order valence-corrected chi connectivity index (χ0v) is 12.3. The Morgan fingerprint density at radius 1 is 1.13 bits per heavy atom. The molecule has 0 saturated carbocycles. The second-order valence-corrected chi connectivity index (χ2v) is 8.51. The molecule has 0 amide bonds. The van der Waals surface area contributed by atoms with Crippen LogP contribution in [-0.4, -0.2) is 41.6 Å². The summed E-state index contributed by atoms with van der Waals surface area (Å²) in [4.78, 5) is 0. The highest BCUT2D eigenvalue weighted by molar-refractivity contribution is 8.76. The lowest BCUT2D eigenvalue weighted by atomic mass is 10.6. The van der Waals surface area contributed by atoms with Gasteiger partial charge in [0.2, 0.25) is 0 Å². The first kappa shape index (κ1) is 15.5. The highest BCUT2D eigenvalue weighted by Crippen LogP contribution is 2.24. The Hall–Kier alpha value is 0.537. The van der Waals surface area contributed by atoms with Gasteiger partial charge < -0.3 is 13.3 Å². The SMILES string of the molecule is C=CCSSCCC[Si](OC)(OC)OC. The maximum absolute atomic E-state index is 5.33. The summed E-state index contributed by atoms with van der Waals surface area (Å²) in [6.45, 7) is 3.67. The molecular formula is C9H20O3S2Si. The summed E-state index contributed by atoms with van der Waals surface area (Å²) in [6.07, 6.45) is 2.97. The summed E-state index contributed by atoms with van der Waals surface area (Å²) >= 11 is 0. The van der Waals surface area contributed by atoms with Gasteiger partial charge in [-0.05, 0) is 6.42 Å². The number of rotatable bonds is 10. The van der Waals surface area contributed by atoms with Crippen molar-refractivity contribution in [1.82, 2.24) is 0 Å². The van der Waals surface area contributed by atoms with Crippen molar-refractivity contribution in [3.8, 4) is 0 Å². The van der Waals surface area contributed by atoms with Crippen LogP contribution in [0, 0.1) is 0 Å². The lowest BCUT2D eigenvalue weighted by molar-refractivity contribution is 0.123. The van der Waals surface area contributed by atoms with Gasteiger partial charge in [0.1, 0.15) is 0 Å². The summed E-state index contributed by atoms with van der Waals surface area (Å²) in [5.41, 5.74) is 0. The molecule has 0 aromatic carbocycles. The van der Waals surface area contributed by atoms with Gasteiger partial charge in [-0.1, -0.05) is 27.7 Å². The predicted octanol–water partition coefficient (Wildman–Crippen LogP) is 2.82. The maximum Gasteiger partial charge on any atom is 0.500 e.